The van der Waals surface area contributed by atoms with Gasteiger partial charge in [0.2, 0.25) is 5.89 Å². The Hall–Kier alpha value is -1.61. The Labute approximate surface area is 128 Å². The molecule has 0 saturated carbocycles. The molecule has 2 nitrogen and oxygen atoms in total. The van der Waals surface area contributed by atoms with Gasteiger partial charge in [-0.15, -0.1) is 0 Å². The molecule has 0 aliphatic rings. The quantitative estimate of drug-likeness (QED) is 0.589. The zero-order chi connectivity index (χ0) is 14.4. The zero-order valence-corrected chi connectivity index (χ0v) is 13.3. The fourth-order valence-corrected chi connectivity index (χ4v) is 1.96. The second kappa shape index (κ2) is 7.25. The van der Waals surface area contributed by atoms with Crippen LogP contribution in [0.15, 0.2) is 59.0 Å². The minimum absolute atomic E-state index is 0.184. The van der Waals surface area contributed by atoms with Crippen LogP contribution in [0.25, 0.3) is 11.1 Å². The molecule has 0 N–H and O–H groups in total. The average molecular weight is 332 g/mol. The molecule has 0 aliphatic heterocycles. The molecule has 0 amide bonds. The maximum atomic E-state index is 5.77. The highest BCUT2D eigenvalue weighted by Crippen LogP contribution is 2.26. The molecule has 0 fully saturated rings. The highest BCUT2D eigenvalue weighted by molar-refractivity contribution is 9.09. The van der Waals surface area contributed by atoms with Gasteiger partial charge in [-0.25, -0.2) is 4.98 Å². The largest absolute Gasteiger partial charge is 0.440 e. The summed E-state index contributed by atoms with van der Waals surface area (Å²) in [6.07, 6.45) is 0. The van der Waals surface area contributed by atoms with Crippen LogP contribution in [0.4, 0.5) is 0 Å². The fourth-order valence-electron chi connectivity index (χ4n) is 1.96. The monoisotopic (exact) mass is 331 g/mol. The van der Waals surface area contributed by atoms with Crippen molar-refractivity contribution >= 4 is 27.0 Å². The number of benzene rings is 2. The molecule has 1 unspecified atom stereocenters. The lowest BCUT2D eigenvalue weighted by atomic mass is 10.0. The molecule has 3 rings (SSSR count). The van der Waals surface area contributed by atoms with Gasteiger partial charge in [0.05, 0.1) is 5.92 Å². The van der Waals surface area contributed by atoms with Crippen LogP contribution in [0.1, 0.15) is 31.2 Å². The van der Waals surface area contributed by atoms with Crippen molar-refractivity contribution in [3.05, 3.63) is 66.1 Å². The number of hydrogen-bond acceptors (Lipinski definition) is 2. The fraction of sp³-hybridized carbons (Fsp3) is 0.235. The summed E-state index contributed by atoms with van der Waals surface area (Å²) < 4.78 is 5.77. The molecule has 104 valence electrons. The minimum Gasteiger partial charge on any atom is -0.440 e. The topological polar surface area (TPSA) is 26.0 Å². The van der Waals surface area contributed by atoms with Gasteiger partial charge in [0.25, 0.3) is 0 Å². The van der Waals surface area contributed by atoms with Crippen molar-refractivity contribution in [2.24, 2.45) is 0 Å². The van der Waals surface area contributed by atoms with E-state index in [0.717, 1.165) is 22.3 Å². The van der Waals surface area contributed by atoms with Gasteiger partial charge in [-0.1, -0.05) is 65.3 Å². The normalized spacial score (nSPS) is 11.8. The molecule has 0 bridgehead atoms. The lowest BCUT2D eigenvalue weighted by Crippen LogP contribution is -1.95. The summed E-state index contributed by atoms with van der Waals surface area (Å²) in [7, 11) is 0. The van der Waals surface area contributed by atoms with Crippen LogP contribution in [0.2, 0.25) is 0 Å². The Balaban J connectivity index is 0.000000452. The number of aromatic nitrogens is 1. The van der Waals surface area contributed by atoms with Gasteiger partial charge in [-0.3, -0.25) is 0 Å². The Morgan fingerprint density at radius 3 is 2.30 bits per heavy atom. The van der Waals surface area contributed by atoms with Crippen LogP contribution in [0, 0.1) is 0 Å². The number of fused-ring (bicyclic) bond motifs is 1. The Morgan fingerprint density at radius 1 is 1.05 bits per heavy atom. The molecule has 3 heteroatoms. The van der Waals surface area contributed by atoms with E-state index in [4.69, 9.17) is 4.42 Å². The van der Waals surface area contributed by atoms with Crippen molar-refractivity contribution in [1.82, 2.24) is 4.98 Å². The molecular weight excluding hydrogens is 314 g/mol. The summed E-state index contributed by atoms with van der Waals surface area (Å²) >= 11 is 3.15. The predicted molar refractivity (Wildman–Crippen MR) is 87.4 cm³/mol. The van der Waals surface area contributed by atoms with Crippen LogP contribution < -0.4 is 0 Å². The number of para-hydroxylation sites is 2. The first-order valence-electron chi connectivity index (χ1n) is 6.72. The summed E-state index contributed by atoms with van der Waals surface area (Å²) in [5, 5.41) is 1.06. The Morgan fingerprint density at radius 2 is 1.65 bits per heavy atom. The van der Waals surface area contributed by atoms with Gasteiger partial charge in [0.1, 0.15) is 5.52 Å². The lowest BCUT2D eigenvalue weighted by molar-refractivity contribution is 0.512. The SMILES string of the molecule is CC(c1ccccc1)c1nc2ccccc2o1.CCBr. The number of nitrogens with zero attached hydrogens (tertiary/aromatic N) is 1. The van der Waals surface area contributed by atoms with Gasteiger partial charge in [-0.05, 0) is 24.6 Å². The minimum atomic E-state index is 0.184. The first kappa shape index (κ1) is 14.8. The third-order valence-electron chi connectivity index (χ3n) is 2.98. The van der Waals surface area contributed by atoms with Gasteiger partial charge in [-0.2, -0.15) is 0 Å². The summed E-state index contributed by atoms with van der Waals surface area (Å²) in [5.41, 5.74) is 3.00. The third-order valence-corrected chi connectivity index (χ3v) is 2.98. The summed E-state index contributed by atoms with van der Waals surface area (Å²) in [5.74, 6) is 0.959. The first-order chi connectivity index (χ1) is 9.76. The molecule has 1 atom stereocenters. The van der Waals surface area contributed by atoms with Crippen molar-refractivity contribution in [1.29, 1.82) is 0 Å². The molecule has 1 heterocycles. The van der Waals surface area contributed by atoms with Crippen LogP contribution in [-0.4, -0.2) is 10.3 Å². The number of alkyl halides is 1. The molecule has 3 aromatic rings. The predicted octanol–water partition coefficient (Wildman–Crippen LogP) is 5.38. The summed E-state index contributed by atoms with van der Waals surface area (Å²) in [6.45, 7) is 4.15. The number of halogens is 1. The van der Waals surface area contributed by atoms with E-state index < -0.39 is 0 Å². The zero-order valence-electron chi connectivity index (χ0n) is 11.7. The first-order valence-corrected chi connectivity index (χ1v) is 7.84. The third kappa shape index (κ3) is 3.48. The maximum absolute atomic E-state index is 5.77. The van der Waals surface area contributed by atoms with E-state index in [9.17, 15) is 0 Å². The molecule has 20 heavy (non-hydrogen) atoms. The van der Waals surface area contributed by atoms with Crippen molar-refractivity contribution in [3.8, 4) is 0 Å². The molecule has 0 saturated heterocycles. The van der Waals surface area contributed by atoms with Crippen molar-refractivity contribution in [2.75, 3.05) is 5.33 Å². The van der Waals surface area contributed by atoms with E-state index in [1.807, 2.05) is 49.4 Å². The van der Waals surface area contributed by atoms with E-state index in [-0.39, 0.29) is 5.92 Å². The standard InChI is InChI=1S/C15H13NO.C2H5Br/c1-11(12-7-3-2-4-8-12)15-16-13-9-5-6-10-14(13)17-15;1-2-3/h2-11H,1H3;2H2,1H3. The number of rotatable bonds is 2. The second-order valence-corrected chi connectivity index (χ2v) is 5.54. The Bertz CT molecular complexity index is 615. The van der Waals surface area contributed by atoms with Crippen molar-refractivity contribution in [3.63, 3.8) is 0 Å². The summed E-state index contributed by atoms with van der Waals surface area (Å²) in [6, 6.07) is 18.1. The van der Waals surface area contributed by atoms with Gasteiger partial charge < -0.3 is 4.42 Å². The average Bonchev–Trinajstić information content (AvgIpc) is 2.92. The molecule has 0 radical (unpaired) electrons. The molecular formula is C17H18BrNO. The van der Waals surface area contributed by atoms with Gasteiger partial charge in [0.15, 0.2) is 5.58 Å². The van der Waals surface area contributed by atoms with Crippen LogP contribution in [0.3, 0.4) is 0 Å². The number of oxazole rings is 1. The van der Waals surface area contributed by atoms with E-state index in [1.165, 1.54) is 5.56 Å². The van der Waals surface area contributed by atoms with Crippen LogP contribution in [0.5, 0.6) is 0 Å². The van der Waals surface area contributed by atoms with Crippen LogP contribution >= 0.6 is 15.9 Å². The summed E-state index contributed by atoms with van der Waals surface area (Å²) in [4.78, 5) is 4.52. The van der Waals surface area contributed by atoms with Gasteiger partial charge in [0, 0.05) is 5.33 Å². The van der Waals surface area contributed by atoms with Crippen molar-refractivity contribution in [2.45, 2.75) is 19.8 Å². The second-order valence-electron chi connectivity index (χ2n) is 4.42. The lowest BCUT2D eigenvalue weighted by Gasteiger charge is -2.06. The highest BCUT2D eigenvalue weighted by atomic mass is 79.9. The van der Waals surface area contributed by atoms with Crippen molar-refractivity contribution < 1.29 is 4.42 Å². The Kier molecular flexibility index (Phi) is 5.36. The molecule has 0 aliphatic carbocycles. The smallest absolute Gasteiger partial charge is 0.202 e. The highest BCUT2D eigenvalue weighted by Gasteiger charge is 2.14. The maximum Gasteiger partial charge on any atom is 0.202 e. The molecule has 1 aromatic heterocycles. The van der Waals surface area contributed by atoms with Gasteiger partial charge >= 0.3 is 0 Å². The van der Waals surface area contributed by atoms with E-state index in [0.29, 0.717) is 0 Å². The van der Waals surface area contributed by atoms with E-state index >= 15 is 0 Å². The van der Waals surface area contributed by atoms with Crippen LogP contribution in [-0.2, 0) is 0 Å². The number of hydrogen-bond donors (Lipinski definition) is 0. The molecule has 0 spiro atoms. The molecule has 2 aromatic carbocycles. The van der Waals surface area contributed by atoms with E-state index in [1.54, 1.807) is 0 Å². The van der Waals surface area contributed by atoms with E-state index in [2.05, 4.69) is 40.0 Å².